The van der Waals surface area contributed by atoms with Gasteiger partial charge in [-0.2, -0.15) is 0 Å². The number of anilines is 3. The van der Waals surface area contributed by atoms with Gasteiger partial charge >= 0.3 is 0 Å². The highest BCUT2D eigenvalue weighted by atomic mass is 16.3. The summed E-state index contributed by atoms with van der Waals surface area (Å²) in [6.07, 6.45) is 0. The van der Waals surface area contributed by atoms with Crippen molar-refractivity contribution in [3.8, 4) is 0 Å². The van der Waals surface area contributed by atoms with E-state index >= 15 is 0 Å². The molecule has 4 nitrogen and oxygen atoms in total. The van der Waals surface area contributed by atoms with Crippen LogP contribution in [0, 0.1) is 0 Å². The molecule has 0 saturated heterocycles. The Hall–Kier alpha value is -2.98. The lowest BCUT2D eigenvalue weighted by Gasteiger charge is -2.33. The van der Waals surface area contributed by atoms with Crippen molar-refractivity contribution >= 4 is 17.1 Å². The molecule has 4 N–H and O–H groups in total. The molecule has 4 heteroatoms. The highest BCUT2D eigenvalue weighted by Gasteiger charge is 2.26. The van der Waals surface area contributed by atoms with Crippen molar-refractivity contribution in [1.82, 2.24) is 0 Å². The minimum atomic E-state index is -1.54. The molecular weight excluding hydrogens is 286 g/mol. The number of nitrogens with one attached hydrogen (secondary N) is 3. The Bertz CT molecular complexity index is 616. The smallest absolute Gasteiger partial charge is 0.300 e. The van der Waals surface area contributed by atoms with Gasteiger partial charge in [0, 0.05) is 17.1 Å². The van der Waals surface area contributed by atoms with Crippen molar-refractivity contribution in [2.45, 2.75) is 5.97 Å². The first-order valence-electron chi connectivity index (χ1n) is 7.46. The third kappa shape index (κ3) is 4.25. The number of aliphatic hydroxyl groups is 1. The fraction of sp³-hybridized carbons (Fsp3) is 0.0526. The molecular formula is C19H19N3O. The standard InChI is InChI=1S/C19H19N3O/c23-19(20-16-10-4-1-5-11-16,21-17-12-6-2-7-13-17)22-18-14-8-3-9-15-18/h1-15,20-23H. The second kappa shape index (κ2) is 6.85. The molecule has 3 rings (SSSR count). The zero-order chi connectivity index (χ0) is 16.0. The first kappa shape index (κ1) is 14.9. The van der Waals surface area contributed by atoms with Gasteiger partial charge in [0.2, 0.25) is 0 Å². The van der Waals surface area contributed by atoms with E-state index in [9.17, 15) is 5.11 Å². The molecule has 116 valence electrons. The first-order valence-corrected chi connectivity index (χ1v) is 7.46. The molecule has 23 heavy (non-hydrogen) atoms. The molecule has 0 atom stereocenters. The third-order valence-corrected chi connectivity index (χ3v) is 3.30. The molecule has 3 aromatic rings. The lowest BCUT2D eigenvalue weighted by molar-refractivity contribution is 0.131. The molecule has 3 aromatic carbocycles. The van der Waals surface area contributed by atoms with Crippen LogP contribution in [0.25, 0.3) is 0 Å². The summed E-state index contributed by atoms with van der Waals surface area (Å²) in [5, 5.41) is 20.3. The second-order valence-corrected chi connectivity index (χ2v) is 5.18. The third-order valence-electron chi connectivity index (χ3n) is 3.30. The van der Waals surface area contributed by atoms with E-state index in [4.69, 9.17) is 0 Å². The Morgan fingerprint density at radius 2 is 0.739 bits per heavy atom. The van der Waals surface area contributed by atoms with Crippen LogP contribution >= 0.6 is 0 Å². The molecule has 0 heterocycles. The summed E-state index contributed by atoms with van der Waals surface area (Å²) in [5.74, 6) is -1.54. The first-order chi connectivity index (χ1) is 11.2. The predicted molar refractivity (Wildman–Crippen MR) is 95.1 cm³/mol. The maximum Gasteiger partial charge on any atom is 0.300 e. The summed E-state index contributed by atoms with van der Waals surface area (Å²) in [6, 6.07) is 28.6. The largest absolute Gasteiger partial charge is 0.337 e. The van der Waals surface area contributed by atoms with Gasteiger partial charge in [-0.3, -0.25) is 0 Å². The van der Waals surface area contributed by atoms with E-state index in [0.717, 1.165) is 17.1 Å². The summed E-state index contributed by atoms with van der Waals surface area (Å²) in [5.41, 5.74) is 2.38. The molecule has 0 amide bonds. The number of benzene rings is 3. The maximum absolute atomic E-state index is 11.0. The fourth-order valence-corrected chi connectivity index (χ4v) is 2.28. The summed E-state index contributed by atoms with van der Waals surface area (Å²) in [6.45, 7) is 0. The molecule has 0 saturated carbocycles. The van der Waals surface area contributed by atoms with Crippen LogP contribution in [-0.2, 0) is 0 Å². The summed E-state index contributed by atoms with van der Waals surface area (Å²) in [4.78, 5) is 0. The monoisotopic (exact) mass is 305 g/mol. The Balaban J connectivity index is 1.85. The number of hydrogen-bond donors (Lipinski definition) is 4. The molecule has 0 spiro atoms. The van der Waals surface area contributed by atoms with Gasteiger partial charge in [0.25, 0.3) is 5.97 Å². The summed E-state index contributed by atoms with van der Waals surface area (Å²) >= 11 is 0. The van der Waals surface area contributed by atoms with E-state index in [0.29, 0.717) is 0 Å². The molecule has 0 aromatic heterocycles. The minimum absolute atomic E-state index is 0.793. The van der Waals surface area contributed by atoms with Crippen molar-refractivity contribution in [2.24, 2.45) is 0 Å². The molecule has 0 aliphatic rings. The van der Waals surface area contributed by atoms with E-state index in [1.165, 1.54) is 0 Å². The van der Waals surface area contributed by atoms with Gasteiger partial charge in [0.1, 0.15) is 0 Å². The Morgan fingerprint density at radius 3 is 1.00 bits per heavy atom. The normalized spacial score (nSPS) is 10.8. The van der Waals surface area contributed by atoms with Crippen molar-refractivity contribution in [3.05, 3.63) is 91.0 Å². The van der Waals surface area contributed by atoms with E-state index in [1.807, 2.05) is 91.0 Å². The van der Waals surface area contributed by atoms with Gasteiger partial charge in [0.05, 0.1) is 0 Å². The van der Waals surface area contributed by atoms with Gasteiger partial charge in [-0.25, -0.2) is 0 Å². The summed E-state index contributed by atoms with van der Waals surface area (Å²) in [7, 11) is 0. The zero-order valence-corrected chi connectivity index (χ0v) is 12.6. The number of hydrogen-bond acceptors (Lipinski definition) is 4. The highest BCUT2D eigenvalue weighted by molar-refractivity contribution is 5.56. The van der Waals surface area contributed by atoms with E-state index in [1.54, 1.807) is 0 Å². The average molecular weight is 305 g/mol. The molecule has 0 bridgehead atoms. The lowest BCUT2D eigenvalue weighted by Crippen LogP contribution is -2.53. The lowest BCUT2D eigenvalue weighted by atomic mass is 10.3. The van der Waals surface area contributed by atoms with Crippen molar-refractivity contribution in [3.63, 3.8) is 0 Å². The number of para-hydroxylation sites is 3. The van der Waals surface area contributed by atoms with Gasteiger partial charge in [-0.1, -0.05) is 54.6 Å². The fourth-order valence-electron chi connectivity index (χ4n) is 2.28. The minimum Gasteiger partial charge on any atom is -0.337 e. The Kier molecular flexibility index (Phi) is 4.45. The molecule has 0 unspecified atom stereocenters. The van der Waals surface area contributed by atoms with Crippen LogP contribution in [0.2, 0.25) is 0 Å². The average Bonchev–Trinajstić information content (AvgIpc) is 2.57. The topological polar surface area (TPSA) is 56.3 Å². The van der Waals surface area contributed by atoms with Crippen LogP contribution in [0.4, 0.5) is 17.1 Å². The Labute approximate surface area is 135 Å². The van der Waals surface area contributed by atoms with Crippen molar-refractivity contribution in [1.29, 1.82) is 0 Å². The predicted octanol–water partition coefficient (Wildman–Crippen LogP) is 3.93. The SMILES string of the molecule is OC(Nc1ccccc1)(Nc1ccccc1)Nc1ccccc1. The van der Waals surface area contributed by atoms with E-state index < -0.39 is 5.97 Å². The van der Waals surface area contributed by atoms with E-state index in [2.05, 4.69) is 16.0 Å². The highest BCUT2D eigenvalue weighted by Crippen LogP contribution is 2.19. The molecule has 0 radical (unpaired) electrons. The Morgan fingerprint density at radius 1 is 0.478 bits per heavy atom. The number of rotatable bonds is 6. The zero-order valence-electron chi connectivity index (χ0n) is 12.6. The van der Waals surface area contributed by atoms with Crippen molar-refractivity contribution < 1.29 is 5.11 Å². The van der Waals surface area contributed by atoms with Crippen LogP contribution in [-0.4, -0.2) is 11.1 Å². The maximum atomic E-state index is 11.0. The van der Waals surface area contributed by atoms with Crippen LogP contribution in [0.1, 0.15) is 0 Å². The molecule has 0 aliphatic carbocycles. The summed E-state index contributed by atoms with van der Waals surface area (Å²) < 4.78 is 0. The van der Waals surface area contributed by atoms with Crippen LogP contribution in [0.3, 0.4) is 0 Å². The van der Waals surface area contributed by atoms with E-state index in [-0.39, 0.29) is 0 Å². The van der Waals surface area contributed by atoms with Gasteiger partial charge in [0.15, 0.2) is 0 Å². The van der Waals surface area contributed by atoms with Crippen LogP contribution in [0.5, 0.6) is 0 Å². The van der Waals surface area contributed by atoms with Crippen LogP contribution < -0.4 is 16.0 Å². The quantitative estimate of drug-likeness (QED) is 0.521. The molecule has 0 aliphatic heterocycles. The van der Waals surface area contributed by atoms with Crippen molar-refractivity contribution in [2.75, 3.05) is 16.0 Å². The van der Waals surface area contributed by atoms with Crippen LogP contribution in [0.15, 0.2) is 91.0 Å². The van der Waals surface area contributed by atoms with Gasteiger partial charge in [-0.05, 0) is 36.4 Å². The second-order valence-electron chi connectivity index (χ2n) is 5.18. The van der Waals surface area contributed by atoms with Gasteiger partial charge < -0.3 is 21.1 Å². The molecule has 0 fully saturated rings. The van der Waals surface area contributed by atoms with Gasteiger partial charge in [-0.15, -0.1) is 0 Å².